The van der Waals surface area contributed by atoms with Crippen molar-refractivity contribution in [1.82, 2.24) is 15.2 Å². The number of halogens is 2. The Hall–Kier alpha value is -1.21. The standard InChI is InChI=1S/C17H23ClN4.HI/c1-3-19-17(21-12-15-9-11-22(2)13-15)20-10-8-14-4-6-16(18)7-5-14;/h4-7,9,11,13H,3,8,10,12H2,1-2H3,(H2,19,20,21);1H. The Morgan fingerprint density at radius 3 is 2.48 bits per heavy atom. The predicted molar refractivity (Wildman–Crippen MR) is 109 cm³/mol. The van der Waals surface area contributed by atoms with E-state index in [1.54, 1.807) is 0 Å². The number of guanidine groups is 1. The van der Waals surface area contributed by atoms with Crippen molar-refractivity contribution in [2.24, 2.45) is 12.0 Å². The lowest BCUT2D eigenvalue weighted by molar-refractivity contribution is 0.799. The van der Waals surface area contributed by atoms with Gasteiger partial charge in [-0.05, 0) is 42.7 Å². The van der Waals surface area contributed by atoms with Crippen molar-refractivity contribution in [3.8, 4) is 0 Å². The monoisotopic (exact) mass is 446 g/mol. The van der Waals surface area contributed by atoms with Gasteiger partial charge in [-0.3, -0.25) is 0 Å². The number of aromatic nitrogens is 1. The van der Waals surface area contributed by atoms with Crippen LogP contribution in [0.1, 0.15) is 18.1 Å². The van der Waals surface area contributed by atoms with Crippen molar-refractivity contribution >= 4 is 41.5 Å². The van der Waals surface area contributed by atoms with Gasteiger partial charge in [0.1, 0.15) is 0 Å². The van der Waals surface area contributed by atoms with Gasteiger partial charge < -0.3 is 15.2 Å². The zero-order valence-electron chi connectivity index (χ0n) is 13.6. The first-order valence-corrected chi connectivity index (χ1v) is 7.92. The average Bonchev–Trinajstić information content (AvgIpc) is 2.92. The minimum absolute atomic E-state index is 0. The van der Waals surface area contributed by atoms with Gasteiger partial charge in [-0.2, -0.15) is 0 Å². The molecule has 6 heteroatoms. The number of hydrogen-bond acceptors (Lipinski definition) is 1. The summed E-state index contributed by atoms with van der Waals surface area (Å²) in [4.78, 5) is 4.60. The molecule has 2 aromatic rings. The van der Waals surface area contributed by atoms with E-state index in [0.717, 1.165) is 30.5 Å². The van der Waals surface area contributed by atoms with Crippen LogP contribution in [0.3, 0.4) is 0 Å². The number of rotatable bonds is 6. The largest absolute Gasteiger partial charge is 0.357 e. The Labute approximate surface area is 160 Å². The highest BCUT2D eigenvalue weighted by Crippen LogP contribution is 2.09. The Morgan fingerprint density at radius 1 is 1.13 bits per heavy atom. The molecular weight excluding hydrogens is 423 g/mol. The van der Waals surface area contributed by atoms with Crippen LogP contribution in [0, 0.1) is 0 Å². The van der Waals surface area contributed by atoms with Crippen molar-refractivity contribution in [2.45, 2.75) is 19.9 Å². The van der Waals surface area contributed by atoms with Gasteiger partial charge in [-0.15, -0.1) is 24.0 Å². The van der Waals surface area contributed by atoms with Gasteiger partial charge in [-0.1, -0.05) is 23.7 Å². The second kappa shape index (κ2) is 10.5. The van der Waals surface area contributed by atoms with Gasteiger partial charge >= 0.3 is 0 Å². The highest BCUT2D eigenvalue weighted by Gasteiger charge is 1.99. The van der Waals surface area contributed by atoms with Gasteiger partial charge in [0.2, 0.25) is 0 Å². The highest BCUT2D eigenvalue weighted by molar-refractivity contribution is 14.0. The number of hydrogen-bond donors (Lipinski definition) is 2. The van der Waals surface area contributed by atoms with Crippen LogP contribution in [0.25, 0.3) is 0 Å². The molecule has 1 aromatic heterocycles. The van der Waals surface area contributed by atoms with Crippen LogP contribution >= 0.6 is 35.6 Å². The lowest BCUT2D eigenvalue weighted by atomic mass is 10.1. The Bertz CT molecular complexity index is 607. The van der Waals surface area contributed by atoms with Crippen molar-refractivity contribution in [3.05, 3.63) is 58.9 Å². The van der Waals surface area contributed by atoms with Crippen LogP contribution in [0.4, 0.5) is 0 Å². The molecule has 23 heavy (non-hydrogen) atoms. The first-order chi connectivity index (χ1) is 10.7. The van der Waals surface area contributed by atoms with Gasteiger partial charge in [0.25, 0.3) is 0 Å². The summed E-state index contributed by atoms with van der Waals surface area (Å²) in [7, 11) is 2.02. The summed E-state index contributed by atoms with van der Waals surface area (Å²) in [5, 5.41) is 7.40. The lowest BCUT2D eigenvalue weighted by Crippen LogP contribution is -2.38. The smallest absolute Gasteiger partial charge is 0.191 e. The zero-order valence-corrected chi connectivity index (χ0v) is 16.6. The first-order valence-electron chi connectivity index (χ1n) is 7.55. The van der Waals surface area contributed by atoms with Gasteiger partial charge in [0.15, 0.2) is 5.96 Å². The van der Waals surface area contributed by atoms with Crippen LogP contribution in [0.5, 0.6) is 0 Å². The molecule has 1 heterocycles. The minimum atomic E-state index is 0. The first kappa shape index (κ1) is 19.8. The molecule has 0 unspecified atom stereocenters. The van der Waals surface area contributed by atoms with E-state index in [4.69, 9.17) is 11.6 Å². The Kier molecular flexibility index (Phi) is 9.09. The molecule has 0 saturated heterocycles. The fourth-order valence-corrected chi connectivity index (χ4v) is 2.27. The third-order valence-electron chi connectivity index (χ3n) is 3.28. The molecular formula is C17H24ClIN4. The van der Waals surface area contributed by atoms with Crippen LogP contribution in [0.2, 0.25) is 5.02 Å². The number of nitrogens with zero attached hydrogens (tertiary/aromatic N) is 2. The molecule has 126 valence electrons. The van der Waals surface area contributed by atoms with Crippen LogP contribution in [0.15, 0.2) is 47.7 Å². The Balaban J connectivity index is 0.00000264. The normalized spacial score (nSPS) is 11.0. The topological polar surface area (TPSA) is 41.4 Å². The summed E-state index contributed by atoms with van der Waals surface area (Å²) in [6.45, 7) is 4.43. The molecule has 2 N–H and O–H groups in total. The van der Waals surface area contributed by atoms with E-state index >= 15 is 0 Å². The fourth-order valence-electron chi connectivity index (χ4n) is 2.14. The molecule has 0 aliphatic carbocycles. The lowest BCUT2D eigenvalue weighted by Gasteiger charge is -2.11. The van der Waals surface area contributed by atoms with E-state index in [9.17, 15) is 0 Å². The van der Waals surface area contributed by atoms with Crippen molar-refractivity contribution in [3.63, 3.8) is 0 Å². The molecule has 0 bridgehead atoms. The Morgan fingerprint density at radius 2 is 1.87 bits per heavy atom. The molecule has 0 fully saturated rings. The van der Waals surface area contributed by atoms with E-state index in [2.05, 4.69) is 46.9 Å². The van der Waals surface area contributed by atoms with E-state index in [0.29, 0.717) is 6.54 Å². The summed E-state index contributed by atoms with van der Waals surface area (Å²) < 4.78 is 2.03. The second-order valence-corrected chi connectivity index (χ2v) is 5.62. The second-order valence-electron chi connectivity index (χ2n) is 5.18. The van der Waals surface area contributed by atoms with Crippen LogP contribution < -0.4 is 10.6 Å². The molecule has 4 nitrogen and oxygen atoms in total. The van der Waals surface area contributed by atoms with E-state index in [1.165, 1.54) is 11.1 Å². The number of aryl methyl sites for hydroxylation is 1. The van der Waals surface area contributed by atoms with Gasteiger partial charge in [-0.25, -0.2) is 4.99 Å². The number of benzene rings is 1. The molecule has 1 aromatic carbocycles. The summed E-state index contributed by atoms with van der Waals surface area (Å²) in [5.41, 5.74) is 2.47. The quantitative estimate of drug-likeness (QED) is 0.404. The summed E-state index contributed by atoms with van der Waals surface area (Å²) in [5.74, 6) is 0.848. The highest BCUT2D eigenvalue weighted by atomic mass is 127. The number of nitrogens with one attached hydrogen (secondary N) is 2. The summed E-state index contributed by atoms with van der Waals surface area (Å²) in [6.07, 6.45) is 5.05. The van der Waals surface area contributed by atoms with Crippen molar-refractivity contribution in [2.75, 3.05) is 13.1 Å². The van der Waals surface area contributed by atoms with Crippen LogP contribution in [-0.4, -0.2) is 23.6 Å². The van der Waals surface area contributed by atoms with Gasteiger partial charge in [0, 0.05) is 37.6 Å². The molecule has 0 spiro atoms. The van der Waals surface area contributed by atoms with Crippen molar-refractivity contribution < 1.29 is 0 Å². The van der Waals surface area contributed by atoms with E-state index in [1.807, 2.05) is 29.9 Å². The van der Waals surface area contributed by atoms with Crippen LogP contribution in [-0.2, 0) is 20.0 Å². The molecule has 0 aliphatic heterocycles. The van der Waals surface area contributed by atoms with E-state index < -0.39 is 0 Å². The minimum Gasteiger partial charge on any atom is -0.357 e. The average molecular weight is 447 g/mol. The number of aliphatic imine (C=N–C) groups is 1. The fraction of sp³-hybridized carbons (Fsp3) is 0.353. The predicted octanol–water partition coefficient (Wildman–Crippen LogP) is 3.59. The summed E-state index contributed by atoms with van der Waals surface area (Å²) >= 11 is 5.89. The molecule has 0 saturated carbocycles. The maximum Gasteiger partial charge on any atom is 0.191 e. The van der Waals surface area contributed by atoms with E-state index in [-0.39, 0.29) is 24.0 Å². The maximum atomic E-state index is 5.89. The molecule has 0 amide bonds. The zero-order chi connectivity index (χ0) is 15.8. The third-order valence-corrected chi connectivity index (χ3v) is 3.53. The summed E-state index contributed by atoms with van der Waals surface area (Å²) in [6, 6.07) is 10.0. The SMILES string of the molecule is CCNC(=NCc1ccn(C)c1)NCCc1ccc(Cl)cc1.I. The molecule has 2 rings (SSSR count). The molecule has 0 aliphatic rings. The maximum absolute atomic E-state index is 5.89. The molecule has 0 atom stereocenters. The van der Waals surface area contributed by atoms with Gasteiger partial charge in [0.05, 0.1) is 6.54 Å². The van der Waals surface area contributed by atoms with Crippen molar-refractivity contribution in [1.29, 1.82) is 0 Å². The molecule has 0 radical (unpaired) electrons. The third kappa shape index (κ3) is 7.26.